The standard InChI is InChI=1S/C20H16N2O4/c1-14-6-2-4-8-17(14)21-20(23)13-11-15-10-12-19(26-15)16-7-3-5-9-18(16)22(24)25/h2-13H,1H3,(H,21,23). The number of hydrogen-bond acceptors (Lipinski definition) is 4. The van der Waals surface area contributed by atoms with Crippen LogP contribution in [-0.2, 0) is 4.79 Å². The van der Waals surface area contributed by atoms with Gasteiger partial charge in [-0.1, -0.05) is 30.3 Å². The molecule has 0 bridgehead atoms. The minimum absolute atomic E-state index is 0.0327. The van der Waals surface area contributed by atoms with Crippen molar-refractivity contribution in [3.63, 3.8) is 0 Å². The normalized spacial score (nSPS) is 10.8. The summed E-state index contributed by atoms with van der Waals surface area (Å²) in [7, 11) is 0. The second-order valence-electron chi connectivity index (χ2n) is 5.61. The van der Waals surface area contributed by atoms with Crippen LogP contribution in [0.15, 0.2) is 71.2 Å². The van der Waals surface area contributed by atoms with E-state index in [1.807, 2.05) is 31.2 Å². The summed E-state index contributed by atoms with van der Waals surface area (Å²) in [6.07, 6.45) is 2.88. The van der Waals surface area contributed by atoms with Crippen molar-refractivity contribution in [2.75, 3.05) is 5.32 Å². The van der Waals surface area contributed by atoms with Gasteiger partial charge in [0.05, 0.1) is 10.5 Å². The van der Waals surface area contributed by atoms with Gasteiger partial charge in [0.15, 0.2) is 0 Å². The molecule has 0 aliphatic rings. The number of nitrogens with one attached hydrogen (secondary N) is 1. The molecule has 0 saturated carbocycles. The Balaban J connectivity index is 1.75. The largest absolute Gasteiger partial charge is 0.456 e. The van der Waals surface area contributed by atoms with Crippen LogP contribution in [0.5, 0.6) is 0 Å². The van der Waals surface area contributed by atoms with Gasteiger partial charge in [-0.2, -0.15) is 0 Å². The second kappa shape index (κ2) is 7.48. The Hall–Kier alpha value is -3.67. The van der Waals surface area contributed by atoms with E-state index >= 15 is 0 Å². The van der Waals surface area contributed by atoms with Crippen molar-refractivity contribution in [2.24, 2.45) is 0 Å². The minimum atomic E-state index is -0.455. The number of carbonyl (C=O) groups excluding carboxylic acids is 1. The first-order valence-electron chi connectivity index (χ1n) is 7.93. The summed E-state index contributed by atoms with van der Waals surface area (Å²) in [6, 6.07) is 17.1. The Labute approximate surface area is 149 Å². The highest BCUT2D eigenvalue weighted by Crippen LogP contribution is 2.31. The van der Waals surface area contributed by atoms with Crippen LogP contribution in [0, 0.1) is 17.0 Å². The smallest absolute Gasteiger partial charge is 0.280 e. The van der Waals surface area contributed by atoms with E-state index in [1.165, 1.54) is 18.2 Å². The first-order chi connectivity index (χ1) is 12.5. The van der Waals surface area contributed by atoms with E-state index < -0.39 is 4.92 Å². The average Bonchev–Trinajstić information content (AvgIpc) is 3.11. The van der Waals surface area contributed by atoms with E-state index in [0.717, 1.165) is 11.3 Å². The molecule has 1 aromatic heterocycles. The number of anilines is 1. The SMILES string of the molecule is Cc1ccccc1NC(=O)C=Cc1ccc(-c2ccccc2[N+](=O)[O-])o1. The third-order valence-electron chi connectivity index (χ3n) is 3.79. The van der Waals surface area contributed by atoms with Gasteiger partial charge in [-0.3, -0.25) is 14.9 Å². The zero-order valence-corrected chi connectivity index (χ0v) is 14.0. The first kappa shape index (κ1) is 17.2. The van der Waals surface area contributed by atoms with E-state index in [-0.39, 0.29) is 11.6 Å². The number of nitro groups is 1. The Morgan fingerprint density at radius 2 is 1.81 bits per heavy atom. The third-order valence-corrected chi connectivity index (χ3v) is 3.79. The maximum Gasteiger partial charge on any atom is 0.280 e. The van der Waals surface area contributed by atoms with Crippen molar-refractivity contribution in [3.05, 3.63) is 88.2 Å². The number of para-hydroxylation sites is 2. The maximum absolute atomic E-state index is 12.0. The lowest BCUT2D eigenvalue weighted by Crippen LogP contribution is -2.08. The van der Waals surface area contributed by atoms with E-state index in [0.29, 0.717) is 17.1 Å². The van der Waals surface area contributed by atoms with Gasteiger partial charge in [-0.15, -0.1) is 0 Å². The Morgan fingerprint density at radius 1 is 1.08 bits per heavy atom. The molecule has 3 rings (SSSR count). The zero-order valence-electron chi connectivity index (χ0n) is 14.0. The summed E-state index contributed by atoms with van der Waals surface area (Å²) in [5, 5.41) is 13.9. The van der Waals surface area contributed by atoms with Crippen LogP contribution in [0.2, 0.25) is 0 Å². The molecular formula is C20H16N2O4. The Kier molecular flexibility index (Phi) is 4.94. The fourth-order valence-electron chi connectivity index (χ4n) is 2.47. The molecule has 1 amide bonds. The van der Waals surface area contributed by atoms with Crippen molar-refractivity contribution in [1.29, 1.82) is 0 Å². The molecular weight excluding hydrogens is 332 g/mol. The predicted octanol–water partition coefficient (Wildman–Crippen LogP) is 4.82. The van der Waals surface area contributed by atoms with Gasteiger partial charge in [0.1, 0.15) is 11.5 Å². The first-order valence-corrected chi connectivity index (χ1v) is 7.93. The second-order valence-corrected chi connectivity index (χ2v) is 5.61. The summed E-state index contributed by atoms with van der Waals surface area (Å²) in [5.41, 5.74) is 2.06. The molecule has 0 fully saturated rings. The van der Waals surface area contributed by atoms with E-state index in [2.05, 4.69) is 5.32 Å². The summed E-state index contributed by atoms with van der Waals surface area (Å²) in [5.74, 6) is 0.511. The summed E-state index contributed by atoms with van der Waals surface area (Å²) in [6.45, 7) is 1.91. The number of hydrogen-bond donors (Lipinski definition) is 1. The highest BCUT2D eigenvalue weighted by molar-refractivity contribution is 6.02. The predicted molar refractivity (Wildman–Crippen MR) is 99.6 cm³/mol. The van der Waals surface area contributed by atoms with Crippen LogP contribution < -0.4 is 5.32 Å². The molecule has 2 aromatic carbocycles. The molecule has 0 spiro atoms. The van der Waals surface area contributed by atoms with Crippen LogP contribution in [0.1, 0.15) is 11.3 Å². The van der Waals surface area contributed by atoms with Gasteiger partial charge in [0.25, 0.3) is 5.69 Å². The number of rotatable bonds is 5. The van der Waals surface area contributed by atoms with Gasteiger partial charge in [-0.05, 0) is 42.8 Å². The van der Waals surface area contributed by atoms with Crippen LogP contribution in [0.4, 0.5) is 11.4 Å². The highest BCUT2D eigenvalue weighted by Gasteiger charge is 2.16. The topological polar surface area (TPSA) is 85.4 Å². The van der Waals surface area contributed by atoms with E-state index in [9.17, 15) is 14.9 Å². The molecule has 3 aromatic rings. The zero-order chi connectivity index (χ0) is 18.5. The Bertz CT molecular complexity index is 989. The van der Waals surface area contributed by atoms with E-state index in [1.54, 1.807) is 30.3 Å². The highest BCUT2D eigenvalue weighted by atomic mass is 16.6. The van der Waals surface area contributed by atoms with Gasteiger partial charge in [-0.25, -0.2) is 0 Å². The molecule has 0 aliphatic carbocycles. The number of nitro benzene ring substituents is 1. The quantitative estimate of drug-likeness (QED) is 0.407. The van der Waals surface area contributed by atoms with Crippen molar-refractivity contribution >= 4 is 23.4 Å². The molecule has 0 unspecified atom stereocenters. The van der Waals surface area contributed by atoms with Gasteiger partial charge < -0.3 is 9.73 Å². The maximum atomic E-state index is 12.0. The van der Waals surface area contributed by atoms with Crippen LogP contribution in [0.3, 0.4) is 0 Å². The number of amides is 1. The summed E-state index contributed by atoms with van der Waals surface area (Å²) in [4.78, 5) is 22.7. The molecule has 0 radical (unpaired) electrons. The lowest BCUT2D eigenvalue weighted by atomic mass is 10.1. The van der Waals surface area contributed by atoms with Crippen LogP contribution >= 0.6 is 0 Å². The Morgan fingerprint density at radius 3 is 2.58 bits per heavy atom. The summed E-state index contributed by atoms with van der Waals surface area (Å²) >= 11 is 0. The van der Waals surface area contributed by atoms with Crippen LogP contribution in [0.25, 0.3) is 17.4 Å². The van der Waals surface area contributed by atoms with Gasteiger partial charge in [0, 0.05) is 17.8 Å². The van der Waals surface area contributed by atoms with Crippen molar-refractivity contribution in [1.82, 2.24) is 0 Å². The molecule has 6 heteroatoms. The number of nitrogens with zero attached hydrogens (tertiary/aromatic N) is 1. The molecule has 0 atom stereocenters. The van der Waals surface area contributed by atoms with Crippen LogP contribution in [-0.4, -0.2) is 10.8 Å². The number of carbonyl (C=O) groups is 1. The van der Waals surface area contributed by atoms with Crippen molar-refractivity contribution < 1.29 is 14.1 Å². The number of benzene rings is 2. The molecule has 1 N–H and O–H groups in total. The molecule has 6 nitrogen and oxygen atoms in total. The molecule has 26 heavy (non-hydrogen) atoms. The fraction of sp³-hybridized carbons (Fsp3) is 0.0500. The monoisotopic (exact) mass is 348 g/mol. The molecule has 0 saturated heterocycles. The molecule has 1 heterocycles. The number of aryl methyl sites for hydroxylation is 1. The fourth-order valence-corrected chi connectivity index (χ4v) is 2.47. The average molecular weight is 348 g/mol. The van der Waals surface area contributed by atoms with Gasteiger partial charge >= 0.3 is 0 Å². The number of furan rings is 1. The lowest BCUT2D eigenvalue weighted by Gasteiger charge is -2.04. The molecule has 0 aliphatic heterocycles. The third kappa shape index (κ3) is 3.87. The molecule has 130 valence electrons. The van der Waals surface area contributed by atoms with Crippen molar-refractivity contribution in [3.8, 4) is 11.3 Å². The van der Waals surface area contributed by atoms with Crippen molar-refractivity contribution in [2.45, 2.75) is 6.92 Å². The minimum Gasteiger partial charge on any atom is -0.456 e. The lowest BCUT2D eigenvalue weighted by molar-refractivity contribution is -0.384. The summed E-state index contributed by atoms with van der Waals surface area (Å²) < 4.78 is 5.61. The van der Waals surface area contributed by atoms with E-state index in [4.69, 9.17) is 4.42 Å². The van der Waals surface area contributed by atoms with Gasteiger partial charge in [0.2, 0.25) is 5.91 Å².